The maximum absolute atomic E-state index is 13.4. The molecule has 0 heterocycles. The first-order valence-corrected chi connectivity index (χ1v) is 6.24. The summed E-state index contributed by atoms with van der Waals surface area (Å²) < 4.78 is 13.8. The van der Waals surface area contributed by atoms with Crippen molar-refractivity contribution in [3.05, 3.63) is 22.4 Å². The molecule has 1 rings (SSSR count). The topological polar surface area (TPSA) is 38.0 Å². The number of anilines is 2. The predicted octanol–water partition coefficient (Wildman–Crippen LogP) is 4.16. The zero-order valence-electron chi connectivity index (χ0n) is 9.90. The molecule has 0 bridgehead atoms. The van der Waals surface area contributed by atoms with Gasteiger partial charge in [0.15, 0.2) is 0 Å². The summed E-state index contributed by atoms with van der Waals surface area (Å²) in [6.45, 7) is 6.30. The summed E-state index contributed by atoms with van der Waals surface area (Å²) in [6.07, 6.45) is 1.92. The Labute approximate surface area is 105 Å². The van der Waals surface area contributed by atoms with Crippen LogP contribution >= 0.6 is 15.9 Å². The van der Waals surface area contributed by atoms with Gasteiger partial charge in [-0.2, -0.15) is 0 Å². The smallest absolute Gasteiger partial charge is 0.139 e. The Morgan fingerprint density at radius 2 is 1.94 bits per heavy atom. The minimum atomic E-state index is -0.300. The van der Waals surface area contributed by atoms with E-state index < -0.39 is 0 Å². The highest BCUT2D eigenvalue weighted by Gasteiger charge is 2.20. The molecule has 0 saturated heterocycles. The van der Waals surface area contributed by atoms with E-state index in [2.05, 4.69) is 42.0 Å². The molecule has 0 aliphatic heterocycles. The molecule has 0 aromatic heterocycles. The maximum Gasteiger partial charge on any atom is 0.139 e. The van der Waals surface area contributed by atoms with Crippen LogP contribution in [0.5, 0.6) is 0 Å². The van der Waals surface area contributed by atoms with Crippen molar-refractivity contribution in [2.24, 2.45) is 0 Å². The Balaban J connectivity index is 3.01. The van der Waals surface area contributed by atoms with E-state index in [0.29, 0.717) is 15.8 Å². The van der Waals surface area contributed by atoms with Crippen molar-refractivity contribution in [2.45, 2.75) is 39.2 Å². The third-order valence-electron chi connectivity index (χ3n) is 3.09. The molecule has 4 heteroatoms. The molecule has 16 heavy (non-hydrogen) atoms. The molecule has 0 unspecified atom stereocenters. The molecule has 0 amide bonds. The summed E-state index contributed by atoms with van der Waals surface area (Å²) in [5.41, 5.74) is 7.02. The van der Waals surface area contributed by atoms with Gasteiger partial charge in [0.05, 0.1) is 15.8 Å². The van der Waals surface area contributed by atoms with E-state index in [1.807, 2.05) is 0 Å². The quantitative estimate of drug-likeness (QED) is 0.817. The number of hydrogen-bond acceptors (Lipinski definition) is 2. The predicted molar refractivity (Wildman–Crippen MR) is 71.1 cm³/mol. The zero-order valence-corrected chi connectivity index (χ0v) is 11.5. The lowest BCUT2D eigenvalue weighted by Gasteiger charge is -2.30. The summed E-state index contributed by atoms with van der Waals surface area (Å²) in [6, 6.07) is 3.02. The van der Waals surface area contributed by atoms with Crippen molar-refractivity contribution >= 4 is 27.3 Å². The van der Waals surface area contributed by atoms with E-state index in [0.717, 1.165) is 12.8 Å². The number of benzene rings is 1. The minimum absolute atomic E-state index is 0.0472. The molecule has 0 aliphatic carbocycles. The van der Waals surface area contributed by atoms with Gasteiger partial charge in [-0.25, -0.2) is 4.39 Å². The molecule has 0 spiro atoms. The average Bonchev–Trinajstić information content (AvgIpc) is 2.25. The van der Waals surface area contributed by atoms with E-state index in [1.165, 1.54) is 6.07 Å². The third-order valence-corrected chi connectivity index (χ3v) is 3.70. The Morgan fingerprint density at radius 3 is 2.44 bits per heavy atom. The van der Waals surface area contributed by atoms with Crippen molar-refractivity contribution in [2.75, 3.05) is 11.1 Å². The Bertz CT molecular complexity index is 376. The van der Waals surface area contributed by atoms with Gasteiger partial charge < -0.3 is 11.1 Å². The van der Waals surface area contributed by atoms with Crippen LogP contribution in [0, 0.1) is 5.82 Å². The van der Waals surface area contributed by atoms with Gasteiger partial charge in [-0.1, -0.05) is 13.8 Å². The number of nitrogens with one attached hydrogen (secondary N) is 1. The van der Waals surface area contributed by atoms with Crippen molar-refractivity contribution in [1.82, 2.24) is 0 Å². The van der Waals surface area contributed by atoms with Gasteiger partial charge in [-0.3, -0.25) is 0 Å². The van der Waals surface area contributed by atoms with E-state index >= 15 is 0 Å². The standard InChI is InChI=1S/C12H18BrFN2/c1-4-12(3,5-2)16-11-7-9(14)8(13)6-10(11)15/h6-7,16H,4-5,15H2,1-3H3. The fourth-order valence-corrected chi connectivity index (χ4v) is 1.78. The zero-order chi connectivity index (χ0) is 12.3. The van der Waals surface area contributed by atoms with Gasteiger partial charge in [-0.15, -0.1) is 0 Å². The Hall–Kier alpha value is -0.770. The lowest BCUT2D eigenvalue weighted by Crippen LogP contribution is -2.33. The average molecular weight is 289 g/mol. The first-order chi connectivity index (χ1) is 7.41. The lowest BCUT2D eigenvalue weighted by atomic mass is 9.95. The second-order valence-corrected chi connectivity index (χ2v) is 5.10. The van der Waals surface area contributed by atoms with Crippen LogP contribution in [0.3, 0.4) is 0 Å². The van der Waals surface area contributed by atoms with Crippen molar-refractivity contribution in [3.8, 4) is 0 Å². The van der Waals surface area contributed by atoms with Gasteiger partial charge in [0.2, 0.25) is 0 Å². The first kappa shape index (κ1) is 13.3. The Morgan fingerprint density at radius 1 is 1.38 bits per heavy atom. The molecular formula is C12H18BrFN2. The molecule has 2 nitrogen and oxygen atoms in total. The highest BCUT2D eigenvalue weighted by Crippen LogP contribution is 2.30. The largest absolute Gasteiger partial charge is 0.397 e. The molecule has 90 valence electrons. The van der Waals surface area contributed by atoms with Crippen molar-refractivity contribution in [1.29, 1.82) is 0 Å². The van der Waals surface area contributed by atoms with Gasteiger partial charge in [-0.05, 0) is 41.8 Å². The highest BCUT2D eigenvalue weighted by molar-refractivity contribution is 9.10. The van der Waals surface area contributed by atoms with Crippen molar-refractivity contribution in [3.63, 3.8) is 0 Å². The summed E-state index contributed by atoms with van der Waals surface area (Å²) in [4.78, 5) is 0. The molecule has 1 aromatic rings. The third kappa shape index (κ3) is 2.88. The van der Waals surface area contributed by atoms with Crippen LogP contribution in [0.4, 0.5) is 15.8 Å². The normalized spacial score (nSPS) is 11.6. The van der Waals surface area contributed by atoms with Crippen LogP contribution in [0.25, 0.3) is 0 Å². The second-order valence-electron chi connectivity index (χ2n) is 4.25. The summed E-state index contributed by atoms with van der Waals surface area (Å²) in [5, 5.41) is 3.31. The summed E-state index contributed by atoms with van der Waals surface area (Å²) >= 11 is 3.11. The van der Waals surface area contributed by atoms with Gasteiger partial charge in [0, 0.05) is 11.6 Å². The summed E-state index contributed by atoms with van der Waals surface area (Å²) in [7, 11) is 0. The van der Waals surface area contributed by atoms with Crippen LogP contribution in [-0.4, -0.2) is 5.54 Å². The number of halogens is 2. The van der Waals surface area contributed by atoms with E-state index in [9.17, 15) is 4.39 Å². The molecule has 0 fully saturated rings. The van der Waals surface area contributed by atoms with E-state index in [1.54, 1.807) is 6.07 Å². The number of nitrogens with two attached hydrogens (primary N) is 1. The maximum atomic E-state index is 13.4. The first-order valence-electron chi connectivity index (χ1n) is 5.44. The van der Waals surface area contributed by atoms with Gasteiger partial charge in [0.25, 0.3) is 0 Å². The molecule has 0 atom stereocenters. The molecular weight excluding hydrogens is 271 g/mol. The highest BCUT2D eigenvalue weighted by atomic mass is 79.9. The number of hydrogen-bond donors (Lipinski definition) is 2. The SMILES string of the molecule is CCC(C)(CC)Nc1cc(F)c(Br)cc1N. The molecule has 3 N–H and O–H groups in total. The van der Waals surface area contributed by atoms with Crippen LogP contribution in [-0.2, 0) is 0 Å². The fourth-order valence-electron chi connectivity index (χ4n) is 1.42. The number of nitrogen functional groups attached to an aromatic ring is 1. The monoisotopic (exact) mass is 288 g/mol. The van der Waals surface area contributed by atoms with Crippen LogP contribution < -0.4 is 11.1 Å². The Kier molecular flexibility index (Phi) is 4.19. The molecule has 0 saturated carbocycles. The van der Waals surface area contributed by atoms with E-state index in [-0.39, 0.29) is 11.4 Å². The van der Waals surface area contributed by atoms with Gasteiger partial charge in [0.1, 0.15) is 5.82 Å². The summed E-state index contributed by atoms with van der Waals surface area (Å²) in [5.74, 6) is -0.300. The molecule has 0 radical (unpaired) electrons. The van der Waals surface area contributed by atoms with Crippen LogP contribution in [0.2, 0.25) is 0 Å². The fraction of sp³-hybridized carbons (Fsp3) is 0.500. The molecule has 0 aliphatic rings. The van der Waals surface area contributed by atoms with Crippen LogP contribution in [0.1, 0.15) is 33.6 Å². The molecule has 1 aromatic carbocycles. The minimum Gasteiger partial charge on any atom is -0.397 e. The van der Waals surface area contributed by atoms with Crippen molar-refractivity contribution < 1.29 is 4.39 Å². The lowest BCUT2D eigenvalue weighted by molar-refractivity contribution is 0.478. The number of rotatable bonds is 4. The van der Waals surface area contributed by atoms with E-state index in [4.69, 9.17) is 5.73 Å². The van der Waals surface area contributed by atoms with Crippen LogP contribution in [0.15, 0.2) is 16.6 Å². The van der Waals surface area contributed by atoms with Gasteiger partial charge >= 0.3 is 0 Å². The second kappa shape index (κ2) is 5.04.